The molecular formula is C9H20N2O2S. The van der Waals surface area contributed by atoms with Crippen molar-refractivity contribution in [1.29, 1.82) is 0 Å². The van der Waals surface area contributed by atoms with E-state index in [0.717, 1.165) is 19.5 Å². The van der Waals surface area contributed by atoms with Gasteiger partial charge in [-0.25, -0.2) is 13.1 Å². The van der Waals surface area contributed by atoms with E-state index in [-0.39, 0.29) is 17.2 Å². The standard InChI is InChI=1S/C9H20N2O2S/c1-9(2,3)7-14(12,13)11-8-4-5-10-6-8/h8,10-11H,4-7H2,1-3H3. The summed E-state index contributed by atoms with van der Waals surface area (Å²) < 4.78 is 26.0. The van der Waals surface area contributed by atoms with Crippen molar-refractivity contribution in [3.05, 3.63) is 0 Å². The maximum Gasteiger partial charge on any atom is 0.212 e. The number of sulfonamides is 1. The lowest BCUT2D eigenvalue weighted by molar-refractivity contribution is 0.454. The fourth-order valence-corrected chi connectivity index (χ4v) is 3.55. The van der Waals surface area contributed by atoms with Gasteiger partial charge in [-0.05, 0) is 18.4 Å². The first-order valence-corrected chi connectivity index (χ1v) is 6.64. The van der Waals surface area contributed by atoms with E-state index in [1.165, 1.54) is 0 Å². The second-order valence-electron chi connectivity index (χ2n) is 5.13. The van der Waals surface area contributed by atoms with E-state index in [1.807, 2.05) is 20.8 Å². The van der Waals surface area contributed by atoms with Crippen LogP contribution in [0.1, 0.15) is 27.2 Å². The molecule has 1 fully saturated rings. The van der Waals surface area contributed by atoms with Gasteiger partial charge in [-0.2, -0.15) is 0 Å². The lowest BCUT2D eigenvalue weighted by Crippen LogP contribution is -2.40. The van der Waals surface area contributed by atoms with E-state index in [4.69, 9.17) is 0 Å². The molecule has 1 heterocycles. The predicted molar refractivity (Wildman–Crippen MR) is 57.7 cm³/mol. The van der Waals surface area contributed by atoms with Crippen molar-refractivity contribution in [3.63, 3.8) is 0 Å². The van der Waals surface area contributed by atoms with Crippen LogP contribution in [0.25, 0.3) is 0 Å². The van der Waals surface area contributed by atoms with Crippen molar-refractivity contribution in [3.8, 4) is 0 Å². The summed E-state index contributed by atoms with van der Waals surface area (Å²) in [6.07, 6.45) is 0.892. The van der Waals surface area contributed by atoms with Crippen LogP contribution in [0.15, 0.2) is 0 Å². The van der Waals surface area contributed by atoms with Gasteiger partial charge in [-0.3, -0.25) is 0 Å². The minimum absolute atomic E-state index is 0.0855. The van der Waals surface area contributed by atoms with Gasteiger partial charge in [0.05, 0.1) is 5.75 Å². The van der Waals surface area contributed by atoms with Crippen molar-refractivity contribution in [1.82, 2.24) is 10.0 Å². The van der Waals surface area contributed by atoms with Crippen molar-refractivity contribution < 1.29 is 8.42 Å². The average Bonchev–Trinajstić information content (AvgIpc) is 2.31. The highest BCUT2D eigenvalue weighted by molar-refractivity contribution is 7.89. The molecule has 0 saturated carbocycles. The molecule has 1 unspecified atom stereocenters. The van der Waals surface area contributed by atoms with Gasteiger partial charge >= 0.3 is 0 Å². The minimum atomic E-state index is -3.11. The Morgan fingerprint density at radius 2 is 2.07 bits per heavy atom. The highest BCUT2D eigenvalue weighted by Gasteiger charge is 2.25. The molecule has 4 nitrogen and oxygen atoms in total. The summed E-state index contributed by atoms with van der Waals surface area (Å²) in [5.41, 5.74) is -0.183. The van der Waals surface area contributed by atoms with Crippen LogP contribution < -0.4 is 10.0 Å². The lowest BCUT2D eigenvalue weighted by atomic mass is 10.0. The van der Waals surface area contributed by atoms with Crippen LogP contribution >= 0.6 is 0 Å². The molecule has 1 aliphatic heterocycles. The second kappa shape index (κ2) is 4.16. The summed E-state index contributed by atoms with van der Waals surface area (Å²) in [7, 11) is -3.11. The number of hydrogen-bond acceptors (Lipinski definition) is 3. The van der Waals surface area contributed by atoms with Crippen LogP contribution in [-0.4, -0.2) is 33.3 Å². The smallest absolute Gasteiger partial charge is 0.212 e. The molecule has 0 aliphatic carbocycles. The zero-order chi connectivity index (χ0) is 10.8. The van der Waals surface area contributed by atoms with Crippen LogP contribution in [0.2, 0.25) is 0 Å². The Balaban J connectivity index is 2.49. The van der Waals surface area contributed by atoms with Crippen molar-refractivity contribution in [2.24, 2.45) is 5.41 Å². The first-order valence-electron chi connectivity index (χ1n) is 4.99. The van der Waals surface area contributed by atoms with Gasteiger partial charge in [0, 0.05) is 12.6 Å². The Morgan fingerprint density at radius 3 is 2.50 bits per heavy atom. The normalized spacial score (nSPS) is 24.1. The van der Waals surface area contributed by atoms with Gasteiger partial charge < -0.3 is 5.32 Å². The Bertz CT molecular complexity index is 274. The molecule has 0 aromatic rings. The fraction of sp³-hybridized carbons (Fsp3) is 1.00. The van der Waals surface area contributed by atoms with Gasteiger partial charge in [0.1, 0.15) is 0 Å². The van der Waals surface area contributed by atoms with E-state index >= 15 is 0 Å². The molecule has 2 N–H and O–H groups in total. The molecule has 1 atom stereocenters. The van der Waals surface area contributed by atoms with Gasteiger partial charge in [0.2, 0.25) is 10.0 Å². The second-order valence-corrected chi connectivity index (χ2v) is 6.88. The molecule has 0 aromatic carbocycles. The fourth-order valence-electron chi connectivity index (χ4n) is 1.62. The summed E-state index contributed by atoms with van der Waals surface area (Å²) in [5.74, 6) is 0.191. The highest BCUT2D eigenvalue weighted by Crippen LogP contribution is 2.16. The molecule has 1 aliphatic rings. The summed E-state index contributed by atoms with van der Waals surface area (Å²) in [6, 6.07) is 0.0855. The Kier molecular flexibility index (Phi) is 3.55. The quantitative estimate of drug-likeness (QED) is 0.720. The molecular weight excluding hydrogens is 200 g/mol. The maximum absolute atomic E-state index is 11.7. The maximum atomic E-state index is 11.7. The third kappa shape index (κ3) is 4.39. The first kappa shape index (κ1) is 11.9. The molecule has 0 radical (unpaired) electrons. The largest absolute Gasteiger partial charge is 0.315 e. The predicted octanol–water partition coefficient (Wildman–Crippen LogP) is 0.314. The summed E-state index contributed by atoms with van der Waals surface area (Å²) in [4.78, 5) is 0. The van der Waals surface area contributed by atoms with Crippen LogP contribution in [0.3, 0.4) is 0 Å². The minimum Gasteiger partial charge on any atom is -0.315 e. The molecule has 1 saturated heterocycles. The van der Waals surface area contributed by atoms with Crippen LogP contribution in [0.5, 0.6) is 0 Å². The number of hydrogen-bond donors (Lipinski definition) is 2. The molecule has 0 aromatic heterocycles. The van der Waals surface area contributed by atoms with Crippen LogP contribution in [0, 0.1) is 5.41 Å². The van der Waals surface area contributed by atoms with Gasteiger partial charge in [-0.15, -0.1) is 0 Å². The Morgan fingerprint density at radius 1 is 1.43 bits per heavy atom. The number of nitrogens with one attached hydrogen (secondary N) is 2. The molecule has 0 amide bonds. The molecule has 14 heavy (non-hydrogen) atoms. The molecule has 0 spiro atoms. The van der Waals surface area contributed by atoms with E-state index < -0.39 is 10.0 Å². The molecule has 84 valence electrons. The Hall–Kier alpha value is -0.130. The van der Waals surface area contributed by atoms with Crippen molar-refractivity contribution in [2.45, 2.75) is 33.2 Å². The van der Waals surface area contributed by atoms with Crippen LogP contribution in [-0.2, 0) is 10.0 Å². The SMILES string of the molecule is CC(C)(C)CS(=O)(=O)NC1CCNC1. The monoisotopic (exact) mass is 220 g/mol. The van der Waals surface area contributed by atoms with Crippen LogP contribution in [0.4, 0.5) is 0 Å². The zero-order valence-electron chi connectivity index (χ0n) is 9.13. The Labute approximate surface area is 86.5 Å². The topological polar surface area (TPSA) is 58.2 Å². The van der Waals surface area contributed by atoms with Gasteiger partial charge in [-0.1, -0.05) is 20.8 Å². The van der Waals surface area contributed by atoms with E-state index in [9.17, 15) is 8.42 Å². The molecule has 1 rings (SSSR count). The summed E-state index contributed by atoms with van der Waals surface area (Å²) in [5, 5.41) is 3.13. The third-order valence-electron chi connectivity index (χ3n) is 2.03. The molecule has 0 bridgehead atoms. The average molecular weight is 220 g/mol. The lowest BCUT2D eigenvalue weighted by Gasteiger charge is -2.20. The van der Waals surface area contributed by atoms with E-state index in [1.54, 1.807) is 0 Å². The number of rotatable bonds is 3. The van der Waals surface area contributed by atoms with Gasteiger partial charge in [0.25, 0.3) is 0 Å². The summed E-state index contributed by atoms with van der Waals surface area (Å²) >= 11 is 0. The highest BCUT2D eigenvalue weighted by atomic mass is 32.2. The summed E-state index contributed by atoms with van der Waals surface area (Å²) in [6.45, 7) is 7.45. The van der Waals surface area contributed by atoms with E-state index in [0.29, 0.717) is 0 Å². The van der Waals surface area contributed by atoms with Crippen molar-refractivity contribution in [2.75, 3.05) is 18.8 Å². The third-order valence-corrected chi connectivity index (χ3v) is 3.97. The molecule has 5 heteroatoms. The van der Waals surface area contributed by atoms with Gasteiger partial charge in [0.15, 0.2) is 0 Å². The first-order chi connectivity index (χ1) is 6.29. The van der Waals surface area contributed by atoms with E-state index in [2.05, 4.69) is 10.0 Å². The zero-order valence-corrected chi connectivity index (χ0v) is 9.95. The van der Waals surface area contributed by atoms with Crippen molar-refractivity contribution >= 4 is 10.0 Å².